The maximum absolute atomic E-state index is 14.1. The molecule has 1 aliphatic rings. The maximum atomic E-state index is 14.1. The number of sulfonamides is 1. The molecular formula is C20H26FN5O4S. The van der Waals surface area contributed by atoms with Crippen LogP contribution in [0.3, 0.4) is 0 Å². The number of nitrogens with zero attached hydrogens (tertiary/aromatic N) is 2. The van der Waals surface area contributed by atoms with Crippen molar-refractivity contribution in [2.24, 2.45) is 11.1 Å². The summed E-state index contributed by atoms with van der Waals surface area (Å²) in [7, 11) is -3.98. The molecule has 0 aliphatic heterocycles. The zero-order valence-corrected chi connectivity index (χ0v) is 18.2. The Hall–Kier alpha value is -2.79. The third kappa shape index (κ3) is 6.11. The topological polar surface area (TPSA) is 136 Å². The van der Waals surface area contributed by atoms with Gasteiger partial charge in [-0.25, -0.2) is 32.7 Å². The predicted octanol–water partition coefficient (Wildman–Crippen LogP) is 3.03. The monoisotopic (exact) mass is 451 g/mol. The van der Waals surface area contributed by atoms with E-state index in [-0.39, 0.29) is 34.6 Å². The van der Waals surface area contributed by atoms with Gasteiger partial charge in [0.1, 0.15) is 5.82 Å². The number of hydrogen-bond donors (Lipinski definition) is 3. The van der Waals surface area contributed by atoms with Crippen LogP contribution in [0.15, 0.2) is 35.5 Å². The van der Waals surface area contributed by atoms with Crippen molar-refractivity contribution in [3.05, 3.63) is 42.0 Å². The van der Waals surface area contributed by atoms with Crippen LogP contribution in [0.2, 0.25) is 0 Å². The van der Waals surface area contributed by atoms with Gasteiger partial charge in [0.05, 0.1) is 17.2 Å². The number of carbonyl (C=O) groups is 1. The molecule has 11 heteroatoms. The second-order valence-electron chi connectivity index (χ2n) is 7.74. The number of hydrogen-bond acceptors (Lipinski definition) is 7. The molecule has 168 valence electrons. The summed E-state index contributed by atoms with van der Waals surface area (Å²) in [5, 5.41) is 10.5. The first-order valence-electron chi connectivity index (χ1n) is 10.00. The molecule has 2 aromatic rings. The smallest absolute Gasteiger partial charge is 0.407 e. The Kier molecular flexibility index (Phi) is 7.06. The lowest BCUT2D eigenvalue weighted by Gasteiger charge is -2.34. The summed E-state index contributed by atoms with van der Waals surface area (Å²) in [6, 6.07) is 3.40. The van der Waals surface area contributed by atoms with Gasteiger partial charge in [-0.2, -0.15) is 0 Å². The molecule has 1 fully saturated rings. The third-order valence-electron chi connectivity index (χ3n) is 5.32. The van der Waals surface area contributed by atoms with Crippen LogP contribution in [0.5, 0.6) is 0 Å². The van der Waals surface area contributed by atoms with Crippen molar-refractivity contribution in [1.29, 1.82) is 0 Å². The van der Waals surface area contributed by atoms with Crippen molar-refractivity contribution in [3.8, 4) is 0 Å². The largest absolute Gasteiger partial charge is 0.449 e. The van der Waals surface area contributed by atoms with Gasteiger partial charge in [0.25, 0.3) is 0 Å². The number of amides is 1. The Labute approximate surface area is 180 Å². The van der Waals surface area contributed by atoms with Crippen LogP contribution in [-0.4, -0.2) is 37.1 Å². The SMILES string of the molecule is CC[C@H](C)NC(=O)OCC1CC(c2cnc(Nc3ccc(S(N)(=O)=O)cc3F)nc2)C1. The normalized spacial score (nSPS) is 19.2. The average molecular weight is 452 g/mol. The number of primary sulfonamides is 1. The number of carbonyl (C=O) groups excluding carboxylic acids is 1. The highest BCUT2D eigenvalue weighted by Crippen LogP contribution is 2.41. The van der Waals surface area contributed by atoms with E-state index in [0.717, 1.165) is 30.9 Å². The molecule has 0 spiro atoms. The van der Waals surface area contributed by atoms with Gasteiger partial charge >= 0.3 is 6.09 Å². The molecular weight excluding hydrogens is 425 g/mol. The van der Waals surface area contributed by atoms with E-state index in [1.165, 1.54) is 12.1 Å². The lowest BCUT2D eigenvalue weighted by Crippen LogP contribution is -2.35. The van der Waals surface area contributed by atoms with E-state index in [0.29, 0.717) is 12.5 Å². The van der Waals surface area contributed by atoms with Crippen LogP contribution >= 0.6 is 0 Å². The number of halogens is 1. The quantitative estimate of drug-likeness (QED) is 0.561. The Balaban J connectivity index is 1.49. The van der Waals surface area contributed by atoms with Gasteiger partial charge in [0, 0.05) is 18.4 Å². The highest BCUT2D eigenvalue weighted by Gasteiger charge is 2.31. The van der Waals surface area contributed by atoms with Crippen LogP contribution in [-0.2, 0) is 14.8 Å². The van der Waals surface area contributed by atoms with E-state index in [1.54, 1.807) is 12.4 Å². The summed E-state index contributed by atoms with van der Waals surface area (Å²) < 4.78 is 41.9. The Bertz CT molecular complexity index is 1030. The molecule has 9 nitrogen and oxygen atoms in total. The molecule has 1 heterocycles. The van der Waals surface area contributed by atoms with Gasteiger partial charge in [-0.05, 0) is 61.8 Å². The molecule has 4 N–H and O–H groups in total. The lowest BCUT2D eigenvalue weighted by atomic mass is 9.72. The molecule has 0 radical (unpaired) electrons. The predicted molar refractivity (Wildman–Crippen MR) is 113 cm³/mol. The summed E-state index contributed by atoms with van der Waals surface area (Å²) in [6.45, 7) is 4.30. The van der Waals surface area contributed by atoms with Gasteiger partial charge in [-0.3, -0.25) is 0 Å². The molecule has 31 heavy (non-hydrogen) atoms. The molecule has 1 aliphatic carbocycles. The zero-order valence-electron chi connectivity index (χ0n) is 17.3. The van der Waals surface area contributed by atoms with E-state index in [9.17, 15) is 17.6 Å². The number of aromatic nitrogens is 2. The Morgan fingerprint density at radius 1 is 1.32 bits per heavy atom. The first kappa shape index (κ1) is 22.9. The first-order chi connectivity index (χ1) is 14.7. The second kappa shape index (κ2) is 9.56. The lowest BCUT2D eigenvalue weighted by molar-refractivity contribution is 0.0924. The molecule has 1 atom stereocenters. The van der Waals surface area contributed by atoms with Crippen molar-refractivity contribution < 1.29 is 22.3 Å². The minimum atomic E-state index is -3.98. The van der Waals surface area contributed by atoms with E-state index in [1.807, 2.05) is 13.8 Å². The number of ether oxygens (including phenoxy) is 1. The molecule has 1 aromatic carbocycles. The summed E-state index contributed by atoms with van der Waals surface area (Å²) in [4.78, 5) is 19.8. The minimum absolute atomic E-state index is 0.0386. The van der Waals surface area contributed by atoms with Crippen molar-refractivity contribution in [1.82, 2.24) is 15.3 Å². The van der Waals surface area contributed by atoms with Crippen molar-refractivity contribution in [3.63, 3.8) is 0 Å². The molecule has 0 unspecified atom stereocenters. The highest BCUT2D eigenvalue weighted by molar-refractivity contribution is 7.89. The standard InChI is InChI=1S/C20H26FN5O4S/c1-3-12(2)25-20(27)30-11-13-6-14(7-13)15-9-23-19(24-10-15)26-18-5-4-16(8-17(18)21)31(22,28)29/h4-5,8-10,12-14H,3,6-7,11H2,1-2H3,(H,25,27)(H2,22,28,29)(H,23,24,26)/t12-,13?,14?/m0/s1. The molecule has 1 amide bonds. The third-order valence-corrected chi connectivity index (χ3v) is 6.23. The van der Waals surface area contributed by atoms with Crippen LogP contribution in [0.4, 0.5) is 20.8 Å². The summed E-state index contributed by atoms with van der Waals surface area (Å²) in [5.74, 6) is -0.00620. The summed E-state index contributed by atoms with van der Waals surface area (Å²) >= 11 is 0. The van der Waals surface area contributed by atoms with Gasteiger partial charge in [0.2, 0.25) is 16.0 Å². The fourth-order valence-corrected chi connectivity index (χ4v) is 3.72. The molecule has 1 saturated carbocycles. The van der Waals surface area contributed by atoms with Crippen molar-refractivity contribution in [2.45, 2.75) is 50.0 Å². The van der Waals surface area contributed by atoms with Gasteiger partial charge in [0.15, 0.2) is 0 Å². The minimum Gasteiger partial charge on any atom is -0.449 e. The number of nitrogens with one attached hydrogen (secondary N) is 2. The highest BCUT2D eigenvalue weighted by atomic mass is 32.2. The molecule has 0 saturated heterocycles. The van der Waals surface area contributed by atoms with Crippen LogP contribution in [0, 0.1) is 11.7 Å². The zero-order chi connectivity index (χ0) is 22.6. The van der Waals surface area contributed by atoms with Gasteiger partial charge in [-0.1, -0.05) is 6.92 Å². The second-order valence-corrected chi connectivity index (χ2v) is 9.30. The molecule has 0 bridgehead atoms. The number of anilines is 2. The van der Waals surface area contributed by atoms with E-state index in [4.69, 9.17) is 9.88 Å². The van der Waals surface area contributed by atoms with Crippen LogP contribution in [0.25, 0.3) is 0 Å². The van der Waals surface area contributed by atoms with E-state index >= 15 is 0 Å². The average Bonchev–Trinajstić information content (AvgIpc) is 2.68. The van der Waals surface area contributed by atoms with Crippen molar-refractivity contribution >= 4 is 27.8 Å². The Morgan fingerprint density at radius 3 is 2.58 bits per heavy atom. The number of benzene rings is 1. The summed E-state index contributed by atoms with van der Waals surface area (Å²) in [6.07, 6.45) is 5.54. The maximum Gasteiger partial charge on any atom is 0.407 e. The van der Waals surface area contributed by atoms with E-state index in [2.05, 4.69) is 20.6 Å². The molecule has 1 aromatic heterocycles. The number of rotatable bonds is 8. The van der Waals surface area contributed by atoms with E-state index < -0.39 is 15.8 Å². The van der Waals surface area contributed by atoms with Gasteiger partial charge in [-0.15, -0.1) is 0 Å². The number of nitrogens with two attached hydrogens (primary N) is 1. The van der Waals surface area contributed by atoms with Crippen LogP contribution in [0.1, 0.15) is 44.6 Å². The van der Waals surface area contributed by atoms with Crippen molar-refractivity contribution in [2.75, 3.05) is 11.9 Å². The Morgan fingerprint density at radius 2 is 2.00 bits per heavy atom. The fourth-order valence-electron chi connectivity index (χ4n) is 3.19. The van der Waals surface area contributed by atoms with Gasteiger partial charge < -0.3 is 15.4 Å². The first-order valence-corrected chi connectivity index (χ1v) is 11.5. The summed E-state index contributed by atoms with van der Waals surface area (Å²) in [5.41, 5.74) is 0.993. The molecule has 3 rings (SSSR count). The van der Waals surface area contributed by atoms with Crippen LogP contribution < -0.4 is 15.8 Å². The number of alkyl carbamates (subject to hydrolysis) is 1. The fraction of sp³-hybridized carbons (Fsp3) is 0.450.